The molecule has 0 bridgehead atoms. The number of aliphatic hydroxyl groups is 1. The van der Waals surface area contributed by atoms with Gasteiger partial charge in [0.05, 0.1) is 6.10 Å². The van der Waals surface area contributed by atoms with Crippen LogP contribution in [0.2, 0.25) is 0 Å². The first-order valence-corrected chi connectivity index (χ1v) is 3.99. The van der Waals surface area contributed by atoms with E-state index in [1.807, 2.05) is 0 Å². The van der Waals surface area contributed by atoms with Gasteiger partial charge >= 0.3 is 6.61 Å². The zero-order chi connectivity index (χ0) is 10.6. The highest BCUT2D eigenvalue weighted by atomic mass is 19.3. The largest absolute Gasteiger partial charge is 0.435 e. The molecule has 1 rings (SSSR count). The fraction of sp³-hybridized carbons (Fsp3) is 0.200. The van der Waals surface area contributed by atoms with Gasteiger partial charge in [0.1, 0.15) is 5.75 Å². The molecule has 1 atom stereocenters. The zero-order valence-electron chi connectivity index (χ0n) is 7.36. The molecule has 0 amide bonds. The van der Waals surface area contributed by atoms with Crippen LogP contribution in [0.4, 0.5) is 8.78 Å². The predicted octanol–water partition coefficient (Wildman–Crippen LogP) is 2.51. The SMILES string of the molecule is C=CC(O)c1cccc(OC(F)F)c1. The van der Waals surface area contributed by atoms with Gasteiger partial charge < -0.3 is 9.84 Å². The summed E-state index contributed by atoms with van der Waals surface area (Å²) in [6, 6.07) is 5.87. The average Bonchev–Trinajstić information content (AvgIpc) is 2.16. The smallest absolute Gasteiger partial charge is 0.387 e. The van der Waals surface area contributed by atoms with Gasteiger partial charge in [0, 0.05) is 0 Å². The number of hydrogen-bond acceptors (Lipinski definition) is 2. The number of benzene rings is 1. The maximum atomic E-state index is 11.8. The van der Waals surface area contributed by atoms with E-state index < -0.39 is 12.7 Å². The third kappa shape index (κ3) is 2.81. The predicted molar refractivity (Wildman–Crippen MR) is 48.2 cm³/mol. The van der Waals surface area contributed by atoms with Gasteiger partial charge in [0.15, 0.2) is 0 Å². The average molecular weight is 200 g/mol. The monoisotopic (exact) mass is 200 g/mol. The van der Waals surface area contributed by atoms with E-state index in [0.29, 0.717) is 5.56 Å². The Bertz CT molecular complexity index is 313. The van der Waals surface area contributed by atoms with Crippen LogP contribution in [0.3, 0.4) is 0 Å². The number of alkyl halides is 2. The summed E-state index contributed by atoms with van der Waals surface area (Å²) in [5.41, 5.74) is 0.471. The number of ether oxygens (including phenoxy) is 1. The van der Waals surface area contributed by atoms with E-state index in [1.54, 1.807) is 6.07 Å². The Hall–Kier alpha value is -1.42. The van der Waals surface area contributed by atoms with Crippen molar-refractivity contribution in [2.24, 2.45) is 0 Å². The summed E-state index contributed by atoms with van der Waals surface area (Å²) in [5, 5.41) is 9.33. The van der Waals surface area contributed by atoms with Crippen LogP contribution in [0.5, 0.6) is 5.75 Å². The Balaban J connectivity index is 2.83. The van der Waals surface area contributed by atoms with E-state index in [-0.39, 0.29) is 5.75 Å². The van der Waals surface area contributed by atoms with E-state index >= 15 is 0 Å². The number of rotatable bonds is 4. The van der Waals surface area contributed by atoms with Gasteiger partial charge in [-0.25, -0.2) is 0 Å². The molecule has 2 nitrogen and oxygen atoms in total. The molecule has 0 aliphatic carbocycles. The van der Waals surface area contributed by atoms with Gasteiger partial charge in [-0.3, -0.25) is 0 Å². The third-order valence-electron chi connectivity index (χ3n) is 1.65. The molecular weight excluding hydrogens is 190 g/mol. The topological polar surface area (TPSA) is 29.5 Å². The standard InChI is InChI=1S/C10H10F2O2/c1-2-9(13)7-4-3-5-8(6-7)14-10(11)12/h2-6,9-10,13H,1H2. The normalized spacial score (nSPS) is 12.6. The van der Waals surface area contributed by atoms with Gasteiger partial charge in [-0.2, -0.15) is 8.78 Å². The maximum Gasteiger partial charge on any atom is 0.387 e. The lowest BCUT2D eigenvalue weighted by molar-refractivity contribution is -0.0499. The van der Waals surface area contributed by atoms with Gasteiger partial charge in [-0.1, -0.05) is 18.2 Å². The van der Waals surface area contributed by atoms with E-state index in [9.17, 15) is 13.9 Å². The molecule has 0 spiro atoms. The molecule has 1 aromatic carbocycles. The van der Waals surface area contributed by atoms with Crippen LogP contribution in [0, 0.1) is 0 Å². The second-order valence-corrected chi connectivity index (χ2v) is 2.63. The van der Waals surface area contributed by atoms with Gasteiger partial charge in [0.25, 0.3) is 0 Å². The second-order valence-electron chi connectivity index (χ2n) is 2.63. The minimum atomic E-state index is -2.86. The van der Waals surface area contributed by atoms with Crippen molar-refractivity contribution in [3.05, 3.63) is 42.5 Å². The molecule has 0 aliphatic heterocycles. The molecule has 0 heterocycles. The highest BCUT2D eigenvalue weighted by Crippen LogP contribution is 2.20. The van der Waals surface area contributed by atoms with Crippen LogP contribution >= 0.6 is 0 Å². The van der Waals surface area contributed by atoms with Gasteiger partial charge in [0.2, 0.25) is 0 Å². The van der Waals surface area contributed by atoms with Crippen molar-refractivity contribution < 1.29 is 18.6 Å². The van der Waals surface area contributed by atoms with E-state index in [0.717, 1.165) is 0 Å². The van der Waals surface area contributed by atoms with E-state index in [2.05, 4.69) is 11.3 Å². The van der Waals surface area contributed by atoms with E-state index in [4.69, 9.17) is 0 Å². The highest BCUT2D eigenvalue weighted by molar-refractivity contribution is 5.31. The lowest BCUT2D eigenvalue weighted by atomic mass is 10.1. The summed E-state index contributed by atoms with van der Waals surface area (Å²) < 4.78 is 27.8. The number of aliphatic hydroxyl groups excluding tert-OH is 1. The molecule has 4 heteroatoms. The molecule has 1 aromatic rings. The Morgan fingerprint density at radius 1 is 1.43 bits per heavy atom. The van der Waals surface area contributed by atoms with Gasteiger partial charge in [-0.05, 0) is 17.7 Å². The highest BCUT2D eigenvalue weighted by Gasteiger charge is 2.07. The summed E-state index contributed by atoms with van der Waals surface area (Å²) in [6.07, 6.45) is 0.442. The van der Waals surface area contributed by atoms with Crippen LogP contribution in [0.15, 0.2) is 36.9 Å². The molecule has 1 unspecified atom stereocenters. The van der Waals surface area contributed by atoms with Crippen molar-refractivity contribution in [3.8, 4) is 5.75 Å². The summed E-state index contributed by atoms with van der Waals surface area (Å²) in [4.78, 5) is 0. The minimum absolute atomic E-state index is 0.0263. The van der Waals surface area contributed by atoms with Crippen LogP contribution in [-0.4, -0.2) is 11.7 Å². The molecule has 0 saturated heterocycles. The molecule has 1 N–H and O–H groups in total. The lowest BCUT2D eigenvalue weighted by Gasteiger charge is -2.08. The molecule has 0 saturated carbocycles. The maximum absolute atomic E-state index is 11.8. The van der Waals surface area contributed by atoms with Crippen molar-refractivity contribution in [2.75, 3.05) is 0 Å². The van der Waals surface area contributed by atoms with Crippen molar-refractivity contribution in [2.45, 2.75) is 12.7 Å². The quantitative estimate of drug-likeness (QED) is 0.756. The first-order chi connectivity index (χ1) is 6.63. The van der Waals surface area contributed by atoms with Crippen LogP contribution in [-0.2, 0) is 0 Å². The van der Waals surface area contributed by atoms with E-state index in [1.165, 1.54) is 24.3 Å². The minimum Gasteiger partial charge on any atom is -0.435 e. The summed E-state index contributed by atoms with van der Waals surface area (Å²) in [7, 11) is 0. The van der Waals surface area contributed by atoms with Crippen molar-refractivity contribution in [3.63, 3.8) is 0 Å². The molecule has 0 aliphatic rings. The molecule has 76 valence electrons. The molecule has 0 aromatic heterocycles. The first-order valence-electron chi connectivity index (χ1n) is 3.99. The van der Waals surface area contributed by atoms with Crippen molar-refractivity contribution >= 4 is 0 Å². The third-order valence-corrected chi connectivity index (χ3v) is 1.65. The summed E-state index contributed by atoms with van der Waals surface area (Å²) >= 11 is 0. The second kappa shape index (κ2) is 4.72. The van der Waals surface area contributed by atoms with Crippen molar-refractivity contribution in [1.29, 1.82) is 0 Å². The Morgan fingerprint density at radius 3 is 2.71 bits per heavy atom. The lowest BCUT2D eigenvalue weighted by Crippen LogP contribution is -2.02. The van der Waals surface area contributed by atoms with Gasteiger partial charge in [-0.15, -0.1) is 6.58 Å². The molecule has 0 radical (unpaired) electrons. The zero-order valence-corrected chi connectivity index (χ0v) is 7.36. The Kier molecular flexibility index (Phi) is 3.59. The van der Waals surface area contributed by atoms with Crippen LogP contribution < -0.4 is 4.74 Å². The molecule has 0 fully saturated rings. The summed E-state index contributed by atoms with van der Waals surface area (Å²) in [5.74, 6) is 0.0263. The van der Waals surface area contributed by atoms with Crippen molar-refractivity contribution in [1.82, 2.24) is 0 Å². The number of hydrogen-bond donors (Lipinski definition) is 1. The molecule has 14 heavy (non-hydrogen) atoms. The van der Waals surface area contributed by atoms with Crippen LogP contribution in [0.25, 0.3) is 0 Å². The Morgan fingerprint density at radius 2 is 2.14 bits per heavy atom. The van der Waals surface area contributed by atoms with Crippen LogP contribution in [0.1, 0.15) is 11.7 Å². The number of halogens is 2. The fourth-order valence-electron chi connectivity index (χ4n) is 1.01. The Labute approximate surface area is 80.4 Å². The molecular formula is C10H10F2O2. The first kappa shape index (κ1) is 10.7. The fourth-order valence-corrected chi connectivity index (χ4v) is 1.01. The summed E-state index contributed by atoms with van der Waals surface area (Å²) in [6.45, 7) is 0.533.